The molecule has 0 amide bonds. The van der Waals surface area contributed by atoms with Crippen LogP contribution in [0.2, 0.25) is 5.02 Å². The van der Waals surface area contributed by atoms with Crippen LogP contribution in [0.5, 0.6) is 0 Å². The monoisotopic (exact) mass is 326 g/mol. The molecule has 4 nitrogen and oxygen atoms in total. The summed E-state index contributed by atoms with van der Waals surface area (Å²) in [6.45, 7) is 6.81. The predicted molar refractivity (Wildman–Crippen MR) is 81.8 cm³/mol. The number of sulfonamides is 1. The van der Waals surface area contributed by atoms with Gasteiger partial charge in [0.15, 0.2) is 0 Å². The molecule has 2 N–H and O–H groups in total. The first-order chi connectivity index (χ1) is 8.36. The fourth-order valence-corrected chi connectivity index (χ4v) is 3.23. The first kappa shape index (κ1) is 18.7. The molecule has 1 rings (SSSR count). The number of hydrogen-bond donors (Lipinski definition) is 2. The summed E-state index contributed by atoms with van der Waals surface area (Å²) >= 11 is 5.83. The number of benzene rings is 1. The third-order valence-corrected chi connectivity index (χ3v) is 4.37. The van der Waals surface area contributed by atoms with E-state index in [9.17, 15) is 8.42 Å². The summed E-state index contributed by atoms with van der Waals surface area (Å²) in [5, 5.41) is 3.56. The highest BCUT2D eigenvalue weighted by Crippen LogP contribution is 2.19. The molecule has 0 saturated heterocycles. The molecule has 1 aromatic rings. The van der Waals surface area contributed by atoms with Crippen molar-refractivity contribution < 1.29 is 8.42 Å². The highest BCUT2D eigenvalue weighted by atomic mass is 35.5. The van der Waals surface area contributed by atoms with Gasteiger partial charge in [-0.25, -0.2) is 13.1 Å². The third kappa shape index (κ3) is 5.67. The summed E-state index contributed by atoms with van der Waals surface area (Å²) < 4.78 is 26.8. The molecule has 0 saturated carbocycles. The Kier molecular flexibility index (Phi) is 7.93. The van der Waals surface area contributed by atoms with Gasteiger partial charge < -0.3 is 5.32 Å². The van der Waals surface area contributed by atoms with E-state index in [-0.39, 0.29) is 23.3 Å². The SMILES string of the molecule is CCN[C@H](C)CNS(=O)(=O)c1cc(Cl)ccc1C.Cl. The van der Waals surface area contributed by atoms with Gasteiger partial charge in [-0.15, -0.1) is 12.4 Å². The van der Waals surface area contributed by atoms with Crippen molar-refractivity contribution in [1.82, 2.24) is 10.0 Å². The summed E-state index contributed by atoms with van der Waals surface area (Å²) in [5.41, 5.74) is 0.683. The number of rotatable bonds is 6. The molecule has 0 aliphatic carbocycles. The van der Waals surface area contributed by atoms with Crippen LogP contribution >= 0.6 is 24.0 Å². The van der Waals surface area contributed by atoms with Gasteiger partial charge in [-0.1, -0.05) is 24.6 Å². The van der Waals surface area contributed by atoms with Crippen molar-refractivity contribution in [3.8, 4) is 0 Å². The van der Waals surface area contributed by atoms with Gasteiger partial charge in [-0.3, -0.25) is 0 Å². The molecule has 0 fully saturated rings. The zero-order valence-electron chi connectivity index (χ0n) is 11.2. The van der Waals surface area contributed by atoms with Gasteiger partial charge in [0.1, 0.15) is 0 Å². The van der Waals surface area contributed by atoms with Crippen molar-refractivity contribution in [3.05, 3.63) is 28.8 Å². The molecular formula is C12H20Cl2N2O2S. The van der Waals surface area contributed by atoms with E-state index in [0.717, 1.165) is 6.54 Å². The fraction of sp³-hybridized carbons (Fsp3) is 0.500. The Morgan fingerprint density at radius 3 is 2.58 bits per heavy atom. The first-order valence-corrected chi connectivity index (χ1v) is 7.72. The van der Waals surface area contributed by atoms with Crippen molar-refractivity contribution in [3.63, 3.8) is 0 Å². The summed E-state index contributed by atoms with van der Waals surface area (Å²) in [6, 6.07) is 4.93. The van der Waals surface area contributed by atoms with Gasteiger partial charge in [0.05, 0.1) is 4.90 Å². The lowest BCUT2D eigenvalue weighted by atomic mass is 10.2. The topological polar surface area (TPSA) is 58.2 Å². The normalized spacial score (nSPS) is 12.8. The van der Waals surface area contributed by atoms with Gasteiger partial charge in [0.2, 0.25) is 10.0 Å². The Bertz CT molecular complexity index is 506. The molecule has 0 unspecified atom stereocenters. The molecule has 110 valence electrons. The fourth-order valence-electron chi connectivity index (χ4n) is 1.60. The maximum absolute atomic E-state index is 12.1. The lowest BCUT2D eigenvalue weighted by molar-refractivity contribution is 0.536. The second-order valence-electron chi connectivity index (χ2n) is 4.22. The van der Waals surface area contributed by atoms with E-state index >= 15 is 0 Å². The number of halogens is 2. The molecule has 0 heterocycles. The Morgan fingerprint density at radius 2 is 2.00 bits per heavy atom. The second kappa shape index (κ2) is 8.07. The first-order valence-electron chi connectivity index (χ1n) is 5.86. The van der Waals surface area contributed by atoms with Gasteiger partial charge in [0, 0.05) is 17.6 Å². The zero-order chi connectivity index (χ0) is 13.8. The van der Waals surface area contributed by atoms with Crippen molar-refractivity contribution in [1.29, 1.82) is 0 Å². The van der Waals surface area contributed by atoms with Crippen molar-refractivity contribution in [2.75, 3.05) is 13.1 Å². The van der Waals surface area contributed by atoms with Gasteiger partial charge in [-0.2, -0.15) is 0 Å². The van der Waals surface area contributed by atoms with E-state index in [1.54, 1.807) is 19.1 Å². The maximum Gasteiger partial charge on any atom is 0.240 e. The Morgan fingerprint density at radius 1 is 1.37 bits per heavy atom. The molecule has 0 radical (unpaired) electrons. The Labute approximate surface area is 126 Å². The molecule has 0 aromatic heterocycles. The quantitative estimate of drug-likeness (QED) is 0.843. The summed E-state index contributed by atoms with van der Waals surface area (Å²) in [4.78, 5) is 0.235. The van der Waals surface area contributed by atoms with Crippen molar-refractivity contribution >= 4 is 34.0 Å². The van der Waals surface area contributed by atoms with E-state index in [4.69, 9.17) is 11.6 Å². The number of likely N-dealkylation sites (N-methyl/N-ethyl adjacent to an activating group) is 1. The molecule has 0 aliphatic rings. The van der Waals surface area contributed by atoms with Crippen LogP contribution in [0.25, 0.3) is 0 Å². The van der Waals surface area contributed by atoms with Crippen molar-refractivity contribution in [2.45, 2.75) is 31.7 Å². The molecule has 0 bridgehead atoms. The number of nitrogens with one attached hydrogen (secondary N) is 2. The minimum absolute atomic E-state index is 0. The Balaban J connectivity index is 0.00000324. The summed E-state index contributed by atoms with van der Waals surface area (Å²) in [5.74, 6) is 0. The summed E-state index contributed by atoms with van der Waals surface area (Å²) in [6.07, 6.45) is 0. The van der Waals surface area contributed by atoms with Crippen LogP contribution < -0.4 is 10.0 Å². The van der Waals surface area contributed by atoms with Crippen LogP contribution in [0.3, 0.4) is 0 Å². The molecule has 1 aromatic carbocycles. The van der Waals surface area contributed by atoms with Gasteiger partial charge >= 0.3 is 0 Å². The van der Waals surface area contributed by atoms with E-state index in [1.165, 1.54) is 6.07 Å². The van der Waals surface area contributed by atoms with Crippen LogP contribution in [0.15, 0.2) is 23.1 Å². The van der Waals surface area contributed by atoms with E-state index < -0.39 is 10.0 Å². The lowest BCUT2D eigenvalue weighted by Gasteiger charge is -2.14. The molecule has 0 spiro atoms. The van der Waals surface area contributed by atoms with Crippen LogP contribution in [0, 0.1) is 6.92 Å². The average molecular weight is 327 g/mol. The number of aryl methyl sites for hydroxylation is 1. The highest BCUT2D eigenvalue weighted by Gasteiger charge is 2.17. The second-order valence-corrected chi connectivity index (χ2v) is 6.39. The molecule has 7 heteroatoms. The maximum atomic E-state index is 12.1. The minimum Gasteiger partial charge on any atom is -0.313 e. The highest BCUT2D eigenvalue weighted by molar-refractivity contribution is 7.89. The van der Waals surface area contributed by atoms with E-state index in [1.807, 2.05) is 13.8 Å². The number of hydrogen-bond acceptors (Lipinski definition) is 3. The van der Waals surface area contributed by atoms with Gasteiger partial charge in [0.25, 0.3) is 0 Å². The van der Waals surface area contributed by atoms with E-state index in [2.05, 4.69) is 10.0 Å². The summed E-state index contributed by atoms with van der Waals surface area (Å²) in [7, 11) is -3.50. The van der Waals surface area contributed by atoms with Crippen LogP contribution in [-0.4, -0.2) is 27.5 Å². The van der Waals surface area contributed by atoms with Crippen LogP contribution in [-0.2, 0) is 10.0 Å². The van der Waals surface area contributed by atoms with Crippen molar-refractivity contribution in [2.24, 2.45) is 0 Å². The zero-order valence-corrected chi connectivity index (χ0v) is 13.6. The van der Waals surface area contributed by atoms with E-state index in [0.29, 0.717) is 17.1 Å². The average Bonchev–Trinajstić information content (AvgIpc) is 2.30. The third-order valence-electron chi connectivity index (χ3n) is 2.57. The molecule has 0 aliphatic heterocycles. The Hall–Kier alpha value is -0.330. The van der Waals surface area contributed by atoms with Crippen LogP contribution in [0.4, 0.5) is 0 Å². The molecular weight excluding hydrogens is 307 g/mol. The predicted octanol–water partition coefficient (Wildman–Crippen LogP) is 2.35. The molecule has 1 atom stereocenters. The van der Waals surface area contributed by atoms with Crippen LogP contribution in [0.1, 0.15) is 19.4 Å². The molecule has 19 heavy (non-hydrogen) atoms. The smallest absolute Gasteiger partial charge is 0.240 e. The standard InChI is InChI=1S/C12H19ClN2O2S.ClH/c1-4-14-10(3)8-15-18(16,17)12-7-11(13)6-5-9(12)2;/h5-7,10,14-15H,4,8H2,1-3H3;1H/t10-;/m1./s1. The lowest BCUT2D eigenvalue weighted by Crippen LogP contribution is -2.38. The largest absolute Gasteiger partial charge is 0.313 e. The minimum atomic E-state index is -3.50. The van der Waals surface area contributed by atoms with Gasteiger partial charge in [-0.05, 0) is 38.1 Å².